The third kappa shape index (κ3) is 9.54. The first-order valence-corrected chi connectivity index (χ1v) is 5.42. The molecule has 0 aromatic heterocycles. The van der Waals surface area contributed by atoms with Gasteiger partial charge in [-0.2, -0.15) is 0 Å². The molecule has 0 aromatic carbocycles. The summed E-state index contributed by atoms with van der Waals surface area (Å²) in [5.74, 6) is 0.352. The van der Waals surface area contributed by atoms with Crippen LogP contribution in [0.25, 0.3) is 0 Å². The van der Waals surface area contributed by atoms with Gasteiger partial charge in [-0.15, -0.1) is 0 Å². The number of carbonyl (C=O) groups is 1. The lowest BCUT2D eigenvalue weighted by Crippen LogP contribution is -2.28. The Morgan fingerprint density at radius 1 is 1.23 bits per heavy atom. The maximum Gasteiger partial charge on any atom is 0.146 e. The van der Waals surface area contributed by atoms with Gasteiger partial charge >= 0.3 is 0 Å². The van der Waals surface area contributed by atoms with Crippen molar-refractivity contribution in [1.29, 1.82) is 0 Å². The highest BCUT2D eigenvalue weighted by atomic mass is 16.1. The summed E-state index contributed by atoms with van der Waals surface area (Å²) in [6.07, 6.45) is 5.50. The first-order valence-electron chi connectivity index (χ1n) is 5.42. The van der Waals surface area contributed by atoms with Crippen molar-refractivity contribution in [1.82, 2.24) is 5.32 Å². The van der Waals surface area contributed by atoms with Crippen LogP contribution in [0.1, 0.15) is 52.9 Å². The molecule has 13 heavy (non-hydrogen) atoms. The number of hydrogen-bond acceptors (Lipinski definition) is 2. The highest BCUT2D eigenvalue weighted by Gasteiger charge is 2.01. The van der Waals surface area contributed by atoms with E-state index in [1.807, 2.05) is 0 Å². The van der Waals surface area contributed by atoms with Crippen molar-refractivity contribution in [2.75, 3.05) is 6.54 Å². The number of ketones is 1. The van der Waals surface area contributed by atoms with E-state index in [1.165, 1.54) is 19.3 Å². The average Bonchev–Trinajstić information content (AvgIpc) is 2.09. The fourth-order valence-corrected chi connectivity index (χ4v) is 1.16. The summed E-state index contributed by atoms with van der Waals surface area (Å²) in [7, 11) is 0. The summed E-state index contributed by atoms with van der Waals surface area (Å²) in [5.41, 5.74) is 0. The fraction of sp³-hybridized carbons (Fsp3) is 0.909. The predicted molar refractivity (Wildman–Crippen MR) is 56.9 cm³/mol. The normalized spacial score (nSPS) is 10.8. The molecule has 0 radical (unpaired) electrons. The van der Waals surface area contributed by atoms with E-state index < -0.39 is 0 Å². The van der Waals surface area contributed by atoms with E-state index in [9.17, 15) is 4.79 Å². The van der Waals surface area contributed by atoms with Crippen molar-refractivity contribution in [3.05, 3.63) is 0 Å². The third-order valence-electron chi connectivity index (χ3n) is 2.02. The van der Waals surface area contributed by atoms with E-state index in [0.29, 0.717) is 18.4 Å². The molecule has 0 unspecified atom stereocenters. The average molecular weight is 185 g/mol. The van der Waals surface area contributed by atoms with Crippen LogP contribution in [-0.2, 0) is 4.79 Å². The van der Waals surface area contributed by atoms with Gasteiger partial charge in [0.2, 0.25) is 0 Å². The van der Waals surface area contributed by atoms with Crippen LogP contribution >= 0.6 is 0 Å². The van der Waals surface area contributed by atoms with Crippen molar-refractivity contribution in [2.24, 2.45) is 0 Å². The van der Waals surface area contributed by atoms with Gasteiger partial charge in [-0.25, -0.2) is 0 Å². The Morgan fingerprint density at radius 3 is 2.46 bits per heavy atom. The largest absolute Gasteiger partial charge is 0.308 e. The molecule has 0 atom stereocenters. The molecule has 0 bridgehead atoms. The van der Waals surface area contributed by atoms with Gasteiger partial charge in [-0.3, -0.25) is 4.79 Å². The van der Waals surface area contributed by atoms with Gasteiger partial charge in [0.15, 0.2) is 0 Å². The topological polar surface area (TPSA) is 29.1 Å². The molecule has 0 rings (SSSR count). The maximum atomic E-state index is 11.2. The molecule has 0 fully saturated rings. The zero-order chi connectivity index (χ0) is 10.1. The van der Waals surface area contributed by atoms with E-state index >= 15 is 0 Å². The Bertz CT molecular complexity index is 132. The highest BCUT2D eigenvalue weighted by molar-refractivity contribution is 5.80. The molecule has 0 aliphatic heterocycles. The summed E-state index contributed by atoms with van der Waals surface area (Å²) < 4.78 is 0. The second-order valence-electron chi connectivity index (χ2n) is 3.88. The van der Waals surface area contributed by atoms with Crippen LogP contribution in [0.15, 0.2) is 0 Å². The van der Waals surface area contributed by atoms with Gasteiger partial charge in [-0.05, 0) is 6.42 Å². The Morgan fingerprint density at radius 2 is 1.92 bits per heavy atom. The number of nitrogens with one attached hydrogen (secondary N) is 1. The second kappa shape index (κ2) is 8.24. The minimum absolute atomic E-state index is 0.352. The Labute approximate surface area is 82.1 Å². The predicted octanol–water partition coefficient (Wildman–Crippen LogP) is 2.52. The molecule has 2 heteroatoms. The van der Waals surface area contributed by atoms with E-state index in [2.05, 4.69) is 26.1 Å². The van der Waals surface area contributed by atoms with Crippen LogP contribution in [0.3, 0.4) is 0 Å². The van der Waals surface area contributed by atoms with Crippen LogP contribution in [-0.4, -0.2) is 18.4 Å². The lowest BCUT2D eigenvalue weighted by molar-refractivity contribution is -0.118. The first kappa shape index (κ1) is 12.6. The van der Waals surface area contributed by atoms with Crippen molar-refractivity contribution >= 4 is 5.78 Å². The smallest absolute Gasteiger partial charge is 0.146 e. The van der Waals surface area contributed by atoms with Crippen LogP contribution in [0.4, 0.5) is 0 Å². The van der Waals surface area contributed by atoms with Gasteiger partial charge in [-0.1, -0.05) is 40.0 Å². The molecule has 0 saturated heterocycles. The molecule has 0 spiro atoms. The number of Topliss-reactive ketones (excluding diaryl/α,β-unsaturated/α-hetero) is 1. The zero-order valence-corrected chi connectivity index (χ0v) is 9.23. The van der Waals surface area contributed by atoms with E-state index in [-0.39, 0.29) is 0 Å². The minimum atomic E-state index is 0.352. The monoisotopic (exact) mass is 185 g/mol. The number of hydrogen-bond donors (Lipinski definition) is 1. The van der Waals surface area contributed by atoms with Crippen LogP contribution < -0.4 is 5.32 Å². The molecule has 2 nitrogen and oxygen atoms in total. The van der Waals surface area contributed by atoms with E-state index in [1.54, 1.807) is 0 Å². The van der Waals surface area contributed by atoms with Gasteiger partial charge in [0.25, 0.3) is 0 Å². The summed E-state index contributed by atoms with van der Waals surface area (Å²) >= 11 is 0. The number of unbranched alkanes of at least 4 members (excludes halogenated alkanes) is 3. The second-order valence-corrected chi connectivity index (χ2v) is 3.88. The third-order valence-corrected chi connectivity index (χ3v) is 2.02. The summed E-state index contributed by atoms with van der Waals surface area (Å²) in [6, 6.07) is 0.416. The molecule has 0 aromatic rings. The minimum Gasteiger partial charge on any atom is -0.308 e. The Balaban J connectivity index is 3.20. The van der Waals surface area contributed by atoms with Crippen molar-refractivity contribution in [3.8, 4) is 0 Å². The Hall–Kier alpha value is -0.370. The molecule has 0 heterocycles. The van der Waals surface area contributed by atoms with Crippen molar-refractivity contribution in [3.63, 3.8) is 0 Å². The lowest BCUT2D eigenvalue weighted by atomic mass is 10.1. The van der Waals surface area contributed by atoms with Crippen molar-refractivity contribution < 1.29 is 4.79 Å². The molecule has 0 saturated carbocycles. The molecule has 0 amide bonds. The van der Waals surface area contributed by atoms with Crippen molar-refractivity contribution in [2.45, 2.75) is 58.9 Å². The molecule has 1 N–H and O–H groups in total. The number of carbonyl (C=O) groups excluding carboxylic acids is 1. The quantitative estimate of drug-likeness (QED) is 0.589. The summed E-state index contributed by atoms with van der Waals surface area (Å²) in [4.78, 5) is 11.2. The fourth-order valence-electron chi connectivity index (χ4n) is 1.16. The number of rotatable bonds is 8. The molecular formula is C11H23NO. The van der Waals surface area contributed by atoms with Crippen LogP contribution in [0.2, 0.25) is 0 Å². The maximum absolute atomic E-state index is 11.2. The van der Waals surface area contributed by atoms with E-state index in [0.717, 1.165) is 12.8 Å². The molecule has 78 valence electrons. The SMILES string of the molecule is CCCCCCC(=O)CNC(C)C. The van der Waals surface area contributed by atoms with Gasteiger partial charge in [0.1, 0.15) is 5.78 Å². The zero-order valence-electron chi connectivity index (χ0n) is 9.23. The van der Waals surface area contributed by atoms with Crippen LogP contribution in [0.5, 0.6) is 0 Å². The van der Waals surface area contributed by atoms with Gasteiger partial charge in [0, 0.05) is 12.5 Å². The Kier molecular flexibility index (Phi) is 8.00. The standard InChI is InChI=1S/C11H23NO/c1-4-5-6-7-8-11(13)9-12-10(2)3/h10,12H,4-9H2,1-3H3. The highest BCUT2D eigenvalue weighted by Crippen LogP contribution is 2.02. The summed E-state index contributed by atoms with van der Waals surface area (Å²) in [6.45, 7) is 6.85. The molecule has 0 aliphatic carbocycles. The van der Waals surface area contributed by atoms with E-state index in [4.69, 9.17) is 0 Å². The first-order chi connectivity index (χ1) is 6.16. The van der Waals surface area contributed by atoms with Gasteiger partial charge in [0.05, 0.1) is 6.54 Å². The molecular weight excluding hydrogens is 162 g/mol. The summed E-state index contributed by atoms with van der Waals surface area (Å²) in [5, 5.41) is 3.14. The van der Waals surface area contributed by atoms with Crippen LogP contribution in [0, 0.1) is 0 Å². The lowest BCUT2D eigenvalue weighted by Gasteiger charge is -2.06. The molecule has 0 aliphatic rings. The van der Waals surface area contributed by atoms with Gasteiger partial charge < -0.3 is 5.32 Å².